The molecule has 124 valence electrons. The third-order valence-electron chi connectivity index (χ3n) is 3.51. The van der Waals surface area contributed by atoms with Gasteiger partial charge in [0.25, 0.3) is 0 Å². The number of ether oxygens (including phenoxy) is 1. The number of benzene rings is 2. The monoisotopic (exact) mass is 341 g/mol. The maximum absolute atomic E-state index is 12.0. The number of rotatable bonds is 7. The first-order valence-electron chi connectivity index (χ1n) is 7.76. The van der Waals surface area contributed by atoms with Gasteiger partial charge in [0.05, 0.1) is 18.1 Å². The lowest BCUT2D eigenvalue weighted by Gasteiger charge is -2.06. The normalized spacial score (nSPS) is 10.7. The molecule has 0 saturated carbocycles. The van der Waals surface area contributed by atoms with Crippen molar-refractivity contribution in [3.05, 3.63) is 48.5 Å². The molecule has 1 heterocycles. The molecule has 0 fully saturated rings. The summed E-state index contributed by atoms with van der Waals surface area (Å²) in [6, 6.07) is 15.3. The van der Waals surface area contributed by atoms with E-state index < -0.39 is 0 Å². The minimum atomic E-state index is 0.00783. The molecular weight excluding hydrogens is 322 g/mol. The first-order valence-corrected chi connectivity index (χ1v) is 8.74. The van der Waals surface area contributed by atoms with Gasteiger partial charge in [-0.25, -0.2) is 4.98 Å². The van der Waals surface area contributed by atoms with Crippen molar-refractivity contribution in [1.29, 1.82) is 0 Å². The first kappa shape index (κ1) is 16.4. The number of carbonyl (C=O) groups excluding carboxylic acids is 1. The highest BCUT2D eigenvalue weighted by Crippen LogP contribution is 2.21. The maximum Gasteiger partial charge on any atom is 0.224 e. The number of para-hydroxylation sites is 2. The molecule has 3 aromatic rings. The first-order chi connectivity index (χ1) is 11.7. The van der Waals surface area contributed by atoms with E-state index in [1.54, 1.807) is 24.9 Å². The Morgan fingerprint density at radius 2 is 2.12 bits per heavy atom. The van der Waals surface area contributed by atoms with Crippen LogP contribution in [0.4, 0.5) is 5.69 Å². The zero-order chi connectivity index (χ0) is 16.8. The van der Waals surface area contributed by atoms with E-state index in [-0.39, 0.29) is 5.91 Å². The molecule has 1 aromatic heterocycles. The molecule has 0 aliphatic carbocycles. The van der Waals surface area contributed by atoms with Crippen molar-refractivity contribution in [3.8, 4) is 5.75 Å². The zero-order valence-electron chi connectivity index (χ0n) is 13.4. The number of carbonyl (C=O) groups is 1. The molecule has 1 amide bonds. The number of methoxy groups -OCH3 is 1. The minimum absolute atomic E-state index is 0.00783. The lowest BCUT2D eigenvalue weighted by Crippen LogP contribution is -2.11. The van der Waals surface area contributed by atoms with Crippen LogP contribution in [-0.4, -0.2) is 28.7 Å². The summed E-state index contributed by atoms with van der Waals surface area (Å²) in [5, 5.41) is 3.78. The van der Waals surface area contributed by atoms with Crippen LogP contribution in [0.1, 0.15) is 12.8 Å². The Bertz CT molecular complexity index is 799. The van der Waals surface area contributed by atoms with Crippen molar-refractivity contribution in [3.63, 3.8) is 0 Å². The van der Waals surface area contributed by atoms with Crippen LogP contribution in [-0.2, 0) is 4.79 Å². The molecule has 0 saturated heterocycles. The van der Waals surface area contributed by atoms with Crippen molar-refractivity contribution in [2.75, 3.05) is 18.2 Å². The molecule has 2 N–H and O–H groups in total. The predicted octanol–water partition coefficient (Wildman–Crippen LogP) is 4.08. The fourth-order valence-electron chi connectivity index (χ4n) is 2.32. The molecule has 6 heteroatoms. The zero-order valence-corrected chi connectivity index (χ0v) is 14.2. The number of aromatic nitrogens is 2. The number of anilines is 1. The largest absolute Gasteiger partial charge is 0.497 e. The minimum Gasteiger partial charge on any atom is -0.497 e. The Labute approximate surface area is 144 Å². The van der Waals surface area contributed by atoms with Crippen LogP contribution < -0.4 is 10.1 Å². The number of hydrogen-bond acceptors (Lipinski definition) is 4. The van der Waals surface area contributed by atoms with Crippen molar-refractivity contribution in [1.82, 2.24) is 9.97 Å². The third kappa shape index (κ3) is 4.29. The summed E-state index contributed by atoms with van der Waals surface area (Å²) in [7, 11) is 1.61. The van der Waals surface area contributed by atoms with E-state index in [1.165, 1.54) is 0 Å². The molecule has 24 heavy (non-hydrogen) atoms. The van der Waals surface area contributed by atoms with Gasteiger partial charge in [-0.05, 0) is 30.7 Å². The summed E-state index contributed by atoms with van der Waals surface area (Å²) in [5.74, 6) is 1.58. The number of hydrogen-bond donors (Lipinski definition) is 2. The van der Waals surface area contributed by atoms with Gasteiger partial charge in [-0.1, -0.05) is 30.0 Å². The summed E-state index contributed by atoms with van der Waals surface area (Å²) in [4.78, 5) is 19.8. The van der Waals surface area contributed by atoms with Gasteiger partial charge in [-0.2, -0.15) is 0 Å². The number of thioether (sulfide) groups is 1. The number of imidazole rings is 1. The summed E-state index contributed by atoms with van der Waals surface area (Å²) in [6.07, 6.45) is 1.27. The van der Waals surface area contributed by atoms with E-state index >= 15 is 0 Å². The van der Waals surface area contributed by atoms with Crippen molar-refractivity contribution < 1.29 is 9.53 Å². The van der Waals surface area contributed by atoms with Crippen LogP contribution in [0.15, 0.2) is 53.7 Å². The van der Waals surface area contributed by atoms with Gasteiger partial charge < -0.3 is 15.0 Å². The second-order valence-electron chi connectivity index (χ2n) is 5.29. The summed E-state index contributed by atoms with van der Waals surface area (Å²) in [6.45, 7) is 0. The third-order valence-corrected chi connectivity index (χ3v) is 4.47. The molecule has 3 rings (SSSR count). The molecule has 0 atom stereocenters. The van der Waals surface area contributed by atoms with Crippen molar-refractivity contribution >= 4 is 34.4 Å². The van der Waals surface area contributed by atoms with E-state index in [0.717, 1.165) is 39.8 Å². The van der Waals surface area contributed by atoms with Crippen molar-refractivity contribution in [2.45, 2.75) is 18.0 Å². The van der Waals surface area contributed by atoms with E-state index in [9.17, 15) is 4.79 Å². The Morgan fingerprint density at radius 3 is 2.96 bits per heavy atom. The van der Waals surface area contributed by atoms with Crippen LogP contribution in [0.25, 0.3) is 11.0 Å². The molecule has 0 aliphatic heterocycles. The standard InChI is InChI=1S/C18H19N3O2S/c1-23-14-7-4-6-13(12-14)19-17(22)10-5-11-24-18-20-15-8-2-3-9-16(15)21-18/h2-4,6-9,12H,5,10-11H2,1H3,(H,19,22)(H,20,21). The Kier molecular flexibility index (Phi) is 5.38. The summed E-state index contributed by atoms with van der Waals surface area (Å²) in [5.41, 5.74) is 2.76. The van der Waals surface area contributed by atoms with Gasteiger partial charge in [0, 0.05) is 23.9 Å². The number of nitrogens with zero attached hydrogens (tertiary/aromatic N) is 1. The average Bonchev–Trinajstić information content (AvgIpc) is 3.01. The van der Waals surface area contributed by atoms with Crippen LogP contribution in [0.2, 0.25) is 0 Å². The SMILES string of the molecule is COc1cccc(NC(=O)CCCSc2nc3ccccc3[nH]2)c1. The second kappa shape index (κ2) is 7.88. The highest BCUT2D eigenvalue weighted by Gasteiger charge is 2.05. The average molecular weight is 341 g/mol. The predicted molar refractivity (Wildman–Crippen MR) is 97.7 cm³/mol. The van der Waals surface area contributed by atoms with Gasteiger partial charge in [0.2, 0.25) is 5.91 Å². The summed E-state index contributed by atoms with van der Waals surface area (Å²) >= 11 is 1.63. The molecule has 0 bridgehead atoms. The van der Waals surface area contributed by atoms with Crippen molar-refractivity contribution in [2.24, 2.45) is 0 Å². The van der Waals surface area contributed by atoms with Crippen LogP contribution >= 0.6 is 11.8 Å². The molecule has 0 aliphatic rings. The lowest BCUT2D eigenvalue weighted by molar-refractivity contribution is -0.116. The smallest absolute Gasteiger partial charge is 0.224 e. The number of aromatic amines is 1. The lowest BCUT2D eigenvalue weighted by atomic mass is 10.2. The Hall–Kier alpha value is -2.47. The van der Waals surface area contributed by atoms with Gasteiger partial charge >= 0.3 is 0 Å². The quantitative estimate of drug-likeness (QED) is 0.502. The van der Waals surface area contributed by atoms with Gasteiger partial charge in [0.15, 0.2) is 5.16 Å². The maximum atomic E-state index is 12.0. The van der Waals surface area contributed by atoms with Crippen LogP contribution in [0, 0.1) is 0 Å². The molecule has 0 spiro atoms. The number of H-pyrrole nitrogens is 1. The highest BCUT2D eigenvalue weighted by atomic mass is 32.2. The van der Waals surface area contributed by atoms with E-state index in [4.69, 9.17) is 4.74 Å². The number of amides is 1. The van der Waals surface area contributed by atoms with E-state index in [0.29, 0.717) is 6.42 Å². The second-order valence-corrected chi connectivity index (χ2v) is 6.37. The molecule has 0 unspecified atom stereocenters. The van der Waals surface area contributed by atoms with E-state index in [1.807, 2.05) is 42.5 Å². The number of fused-ring (bicyclic) bond motifs is 1. The summed E-state index contributed by atoms with van der Waals surface area (Å²) < 4.78 is 5.14. The number of nitrogens with one attached hydrogen (secondary N) is 2. The van der Waals surface area contributed by atoms with Gasteiger partial charge in [-0.3, -0.25) is 4.79 Å². The van der Waals surface area contributed by atoms with Gasteiger partial charge in [0.1, 0.15) is 5.75 Å². The molecule has 2 aromatic carbocycles. The Balaban J connectivity index is 1.43. The van der Waals surface area contributed by atoms with Crippen LogP contribution in [0.5, 0.6) is 5.75 Å². The Morgan fingerprint density at radius 1 is 1.25 bits per heavy atom. The molecule has 0 radical (unpaired) electrons. The molecular formula is C18H19N3O2S. The topological polar surface area (TPSA) is 67.0 Å². The van der Waals surface area contributed by atoms with E-state index in [2.05, 4.69) is 15.3 Å². The highest BCUT2D eigenvalue weighted by molar-refractivity contribution is 7.99. The van der Waals surface area contributed by atoms with Crippen LogP contribution in [0.3, 0.4) is 0 Å². The van der Waals surface area contributed by atoms with Gasteiger partial charge in [-0.15, -0.1) is 0 Å². The fourth-order valence-corrected chi connectivity index (χ4v) is 3.15. The fraction of sp³-hybridized carbons (Fsp3) is 0.222. The molecule has 5 nitrogen and oxygen atoms in total.